The monoisotopic (exact) mass is 263 g/mol. The van der Waals surface area contributed by atoms with Gasteiger partial charge >= 0.3 is 0 Å². The highest BCUT2D eigenvalue weighted by Crippen LogP contribution is 2.39. The fourth-order valence-corrected chi connectivity index (χ4v) is 3.66. The first-order valence-corrected chi connectivity index (χ1v) is 7.62. The van der Waals surface area contributed by atoms with Crippen molar-refractivity contribution in [3.63, 3.8) is 0 Å². The van der Waals surface area contributed by atoms with Crippen molar-refractivity contribution in [1.29, 1.82) is 0 Å². The van der Waals surface area contributed by atoms with E-state index in [4.69, 9.17) is 0 Å². The van der Waals surface area contributed by atoms with E-state index >= 15 is 0 Å². The summed E-state index contributed by atoms with van der Waals surface area (Å²) in [4.78, 5) is 2.47. The Kier molecular flexibility index (Phi) is 4.74. The molecule has 1 aliphatic rings. The van der Waals surface area contributed by atoms with E-state index in [-0.39, 0.29) is 0 Å². The SMILES string of the molecule is Cc1cccc(CN(C)CC2(CS)CCCC2)c1. The summed E-state index contributed by atoms with van der Waals surface area (Å²) in [7, 11) is 2.24. The summed E-state index contributed by atoms with van der Waals surface area (Å²) in [6, 6.07) is 8.84. The van der Waals surface area contributed by atoms with Crippen LogP contribution in [0.3, 0.4) is 0 Å². The van der Waals surface area contributed by atoms with Crippen molar-refractivity contribution >= 4 is 12.6 Å². The Morgan fingerprint density at radius 1 is 1.28 bits per heavy atom. The van der Waals surface area contributed by atoms with Gasteiger partial charge in [0.05, 0.1) is 0 Å². The molecule has 1 saturated carbocycles. The number of nitrogens with zero attached hydrogens (tertiary/aromatic N) is 1. The molecule has 2 heteroatoms. The summed E-state index contributed by atoms with van der Waals surface area (Å²) in [6.07, 6.45) is 5.49. The molecule has 0 spiro atoms. The van der Waals surface area contributed by atoms with E-state index in [1.807, 2.05) is 0 Å². The predicted molar refractivity (Wildman–Crippen MR) is 82.3 cm³/mol. The Labute approximate surface area is 117 Å². The molecule has 0 atom stereocenters. The van der Waals surface area contributed by atoms with Crippen molar-refractivity contribution in [1.82, 2.24) is 4.90 Å². The van der Waals surface area contributed by atoms with Crippen molar-refractivity contribution in [3.05, 3.63) is 35.4 Å². The maximum atomic E-state index is 4.59. The molecule has 0 radical (unpaired) electrons. The summed E-state index contributed by atoms with van der Waals surface area (Å²) in [6.45, 7) is 4.40. The molecule has 1 aromatic carbocycles. The van der Waals surface area contributed by atoms with E-state index in [9.17, 15) is 0 Å². The van der Waals surface area contributed by atoms with Gasteiger partial charge in [-0.1, -0.05) is 42.7 Å². The summed E-state index contributed by atoms with van der Waals surface area (Å²) in [5, 5.41) is 0. The van der Waals surface area contributed by atoms with E-state index < -0.39 is 0 Å². The molecule has 0 saturated heterocycles. The number of hydrogen-bond acceptors (Lipinski definition) is 2. The molecule has 0 heterocycles. The lowest BCUT2D eigenvalue weighted by molar-refractivity contribution is 0.196. The average Bonchev–Trinajstić information content (AvgIpc) is 2.78. The molecular formula is C16H25NS. The van der Waals surface area contributed by atoms with Crippen LogP contribution in [0.15, 0.2) is 24.3 Å². The van der Waals surface area contributed by atoms with Crippen LogP contribution in [0, 0.1) is 12.3 Å². The normalized spacial score (nSPS) is 18.4. The maximum absolute atomic E-state index is 4.59. The smallest absolute Gasteiger partial charge is 0.0231 e. The van der Waals surface area contributed by atoms with Gasteiger partial charge in [0, 0.05) is 13.1 Å². The molecular weight excluding hydrogens is 238 g/mol. The van der Waals surface area contributed by atoms with Gasteiger partial charge in [0.15, 0.2) is 0 Å². The highest BCUT2D eigenvalue weighted by Gasteiger charge is 2.33. The molecule has 0 amide bonds. The van der Waals surface area contributed by atoms with Crippen molar-refractivity contribution in [2.45, 2.75) is 39.2 Å². The lowest BCUT2D eigenvalue weighted by atomic mass is 9.88. The summed E-state index contributed by atoms with van der Waals surface area (Å²) >= 11 is 4.59. The second-order valence-electron chi connectivity index (χ2n) is 6.03. The minimum absolute atomic E-state index is 0.474. The Morgan fingerprint density at radius 2 is 2.00 bits per heavy atom. The summed E-state index contributed by atoms with van der Waals surface area (Å²) in [5.74, 6) is 1.03. The van der Waals surface area contributed by atoms with Crippen LogP contribution in [0.4, 0.5) is 0 Å². The minimum Gasteiger partial charge on any atom is -0.302 e. The fraction of sp³-hybridized carbons (Fsp3) is 0.625. The molecule has 0 aliphatic heterocycles. The average molecular weight is 263 g/mol. The highest BCUT2D eigenvalue weighted by atomic mass is 32.1. The molecule has 1 fully saturated rings. The van der Waals surface area contributed by atoms with Crippen LogP contribution < -0.4 is 0 Å². The molecule has 1 nitrogen and oxygen atoms in total. The Hall–Kier alpha value is -0.470. The zero-order valence-electron chi connectivity index (χ0n) is 11.7. The predicted octanol–water partition coefficient (Wildman–Crippen LogP) is 3.92. The molecule has 1 aliphatic carbocycles. The first-order chi connectivity index (χ1) is 8.63. The third-order valence-corrected chi connectivity index (χ3v) is 4.81. The van der Waals surface area contributed by atoms with Gasteiger partial charge in [-0.2, -0.15) is 12.6 Å². The first-order valence-electron chi connectivity index (χ1n) is 6.99. The van der Waals surface area contributed by atoms with Crippen LogP contribution in [0.2, 0.25) is 0 Å². The third kappa shape index (κ3) is 3.52. The van der Waals surface area contributed by atoms with Gasteiger partial charge in [0.25, 0.3) is 0 Å². The van der Waals surface area contributed by atoms with Crippen molar-refractivity contribution in [3.8, 4) is 0 Å². The zero-order chi connectivity index (χ0) is 13.0. The van der Waals surface area contributed by atoms with Gasteiger partial charge in [0.1, 0.15) is 0 Å². The van der Waals surface area contributed by atoms with Gasteiger partial charge in [-0.25, -0.2) is 0 Å². The van der Waals surface area contributed by atoms with Gasteiger partial charge in [-0.05, 0) is 43.5 Å². The van der Waals surface area contributed by atoms with Gasteiger partial charge in [-0.15, -0.1) is 0 Å². The van der Waals surface area contributed by atoms with Gasteiger partial charge < -0.3 is 4.90 Å². The van der Waals surface area contributed by atoms with E-state index in [0.29, 0.717) is 5.41 Å². The molecule has 1 aromatic rings. The Balaban J connectivity index is 1.93. The molecule has 0 bridgehead atoms. The van der Waals surface area contributed by atoms with Gasteiger partial charge in [0.2, 0.25) is 0 Å². The highest BCUT2D eigenvalue weighted by molar-refractivity contribution is 7.80. The number of rotatable bonds is 5. The van der Waals surface area contributed by atoms with Crippen molar-refractivity contribution in [2.24, 2.45) is 5.41 Å². The summed E-state index contributed by atoms with van der Waals surface area (Å²) < 4.78 is 0. The zero-order valence-corrected chi connectivity index (χ0v) is 12.5. The lowest BCUT2D eigenvalue weighted by Gasteiger charge is -2.32. The second-order valence-corrected chi connectivity index (χ2v) is 6.34. The van der Waals surface area contributed by atoms with Gasteiger partial charge in [-0.3, -0.25) is 0 Å². The van der Waals surface area contributed by atoms with E-state index in [2.05, 4.69) is 55.8 Å². The quantitative estimate of drug-likeness (QED) is 0.788. The molecule has 100 valence electrons. The van der Waals surface area contributed by atoms with Crippen LogP contribution in [-0.4, -0.2) is 24.2 Å². The third-order valence-electron chi connectivity index (χ3n) is 4.14. The lowest BCUT2D eigenvalue weighted by Crippen LogP contribution is -2.34. The number of aryl methyl sites for hydroxylation is 1. The molecule has 0 N–H and O–H groups in total. The molecule has 0 unspecified atom stereocenters. The minimum atomic E-state index is 0.474. The fourth-order valence-electron chi connectivity index (χ4n) is 3.24. The first kappa shape index (κ1) is 14.0. The molecule has 18 heavy (non-hydrogen) atoms. The summed E-state index contributed by atoms with van der Waals surface area (Å²) in [5.41, 5.74) is 3.25. The number of hydrogen-bond donors (Lipinski definition) is 1. The standard InChI is InChI=1S/C16H25NS/c1-14-6-5-7-15(10-14)11-17(2)12-16(13-18)8-3-4-9-16/h5-7,10,18H,3-4,8-9,11-13H2,1-2H3. The van der Waals surface area contributed by atoms with Crippen LogP contribution in [0.25, 0.3) is 0 Å². The number of benzene rings is 1. The molecule has 0 aromatic heterocycles. The second kappa shape index (κ2) is 6.12. The van der Waals surface area contributed by atoms with E-state index in [0.717, 1.165) is 12.3 Å². The van der Waals surface area contributed by atoms with Crippen LogP contribution in [0.5, 0.6) is 0 Å². The van der Waals surface area contributed by atoms with E-state index in [1.54, 1.807) is 0 Å². The molecule has 2 rings (SSSR count). The van der Waals surface area contributed by atoms with E-state index in [1.165, 1.54) is 43.4 Å². The van der Waals surface area contributed by atoms with Crippen molar-refractivity contribution in [2.75, 3.05) is 19.3 Å². The van der Waals surface area contributed by atoms with Crippen molar-refractivity contribution < 1.29 is 0 Å². The van der Waals surface area contributed by atoms with Crippen LogP contribution in [-0.2, 0) is 6.54 Å². The topological polar surface area (TPSA) is 3.24 Å². The number of thiol groups is 1. The Morgan fingerprint density at radius 3 is 2.61 bits per heavy atom. The maximum Gasteiger partial charge on any atom is 0.0231 e. The Bertz CT molecular complexity index is 382. The largest absolute Gasteiger partial charge is 0.302 e. The van der Waals surface area contributed by atoms with Crippen LogP contribution >= 0.6 is 12.6 Å². The van der Waals surface area contributed by atoms with Crippen LogP contribution in [0.1, 0.15) is 36.8 Å².